The van der Waals surface area contributed by atoms with Crippen LogP contribution < -0.4 is 21.7 Å². The highest BCUT2D eigenvalue weighted by Gasteiger charge is 2.28. The maximum absolute atomic E-state index is 12.5. The van der Waals surface area contributed by atoms with E-state index >= 15 is 0 Å². The van der Waals surface area contributed by atoms with Gasteiger partial charge in [0.25, 0.3) is 0 Å². The molecule has 4 atom stereocenters. The summed E-state index contributed by atoms with van der Waals surface area (Å²) in [5.74, 6) is -2.72. The van der Waals surface area contributed by atoms with Crippen LogP contribution in [0.5, 0.6) is 0 Å². The zero-order valence-electron chi connectivity index (χ0n) is 17.5. The van der Waals surface area contributed by atoms with Crippen molar-refractivity contribution in [2.24, 2.45) is 5.73 Å². The molecule has 1 aromatic carbocycles. The minimum atomic E-state index is -1.48. The summed E-state index contributed by atoms with van der Waals surface area (Å²) in [5.41, 5.74) is 6.80. The molecule has 0 aromatic heterocycles. The standard InChI is InChI=1S/C20H30N4O6S/c1-12(22-18(27)14(21)10-13-6-4-3-5-7-13)17(26)23-15(8-9-31-2)19(28)24-16(11-25)20(29)30/h3-7,12,14-16,25H,8-11,21H2,1-2H3,(H,22,27)(H,23,26)(H,24,28)(H,29,30). The Kier molecular flexibility index (Phi) is 11.6. The molecule has 0 saturated heterocycles. The van der Waals surface area contributed by atoms with Gasteiger partial charge in [-0.3, -0.25) is 14.4 Å². The van der Waals surface area contributed by atoms with Crippen molar-refractivity contribution < 1.29 is 29.4 Å². The van der Waals surface area contributed by atoms with E-state index in [9.17, 15) is 19.2 Å². The van der Waals surface area contributed by atoms with Gasteiger partial charge in [-0.15, -0.1) is 0 Å². The summed E-state index contributed by atoms with van der Waals surface area (Å²) < 4.78 is 0. The second kappa shape index (κ2) is 13.6. The number of carboxylic acids is 1. The van der Waals surface area contributed by atoms with Gasteiger partial charge in [0, 0.05) is 0 Å². The molecule has 0 saturated carbocycles. The number of aliphatic hydroxyl groups excluding tert-OH is 1. The molecule has 11 heteroatoms. The van der Waals surface area contributed by atoms with Gasteiger partial charge in [-0.25, -0.2) is 4.79 Å². The van der Waals surface area contributed by atoms with Crippen LogP contribution in [0.15, 0.2) is 30.3 Å². The highest BCUT2D eigenvalue weighted by Crippen LogP contribution is 2.04. The first-order valence-corrected chi connectivity index (χ1v) is 11.1. The summed E-state index contributed by atoms with van der Waals surface area (Å²) in [6.45, 7) is 0.676. The molecule has 0 heterocycles. The lowest BCUT2D eigenvalue weighted by molar-refractivity contribution is -0.143. The number of rotatable bonds is 13. The topological polar surface area (TPSA) is 171 Å². The summed E-state index contributed by atoms with van der Waals surface area (Å²) in [7, 11) is 0. The van der Waals surface area contributed by atoms with Crippen molar-refractivity contribution >= 4 is 35.5 Å². The number of carbonyl (C=O) groups excluding carboxylic acids is 3. The number of carbonyl (C=O) groups is 4. The summed E-state index contributed by atoms with van der Waals surface area (Å²) in [4.78, 5) is 48.3. The molecule has 1 aromatic rings. The molecule has 0 aliphatic heterocycles. The van der Waals surface area contributed by atoms with Gasteiger partial charge in [0.2, 0.25) is 17.7 Å². The van der Waals surface area contributed by atoms with Crippen molar-refractivity contribution in [1.29, 1.82) is 0 Å². The van der Waals surface area contributed by atoms with Crippen LogP contribution in [-0.2, 0) is 25.6 Å². The second-order valence-electron chi connectivity index (χ2n) is 6.95. The number of hydrogen-bond acceptors (Lipinski definition) is 7. The van der Waals surface area contributed by atoms with Crippen molar-refractivity contribution in [1.82, 2.24) is 16.0 Å². The minimum absolute atomic E-state index is 0.241. The predicted octanol–water partition coefficient (Wildman–Crippen LogP) is -1.14. The van der Waals surface area contributed by atoms with Gasteiger partial charge in [0.1, 0.15) is 18.1 Å². The lowest BCUT2D eigenvalue weighted by atomic mass is 10.1. The third kappa shape index (κ3) is 9.37. The van der Waals surface area contributed by atoms with Crippen LogP contribution in [-0.4, -0.2) is 76.7 Å². The fourth-order valence-corrected chi connectivity index (χ4v) is 3.08. The lowest BCUT2D eigenvalue weighted by Gasteiger charge is -2.23. The van der Waals surface area contributed by atoms with E-state index < -0.39 is 54.5 Å². The molecule has 0 radical (unpaired) electrons. The Bertz CT molecular complexity index is 748. The first-order chi connectivity index (χ1) is 14.7. The molecule has 0 fully saturated rings. The van der Waals surface area contributed by atoms with Crippen molar-refractivity contribution in [3.05, 3.63) is 35.9 Å². The number of amides is 3. The molecule has 1 rings (SSSR count). The largest absolute Gasteiger partial charge is 0.480 e. The van der Waals surface area contributed by atoms with E-state index in [4.69, 9.17) is 15.9 Å². The third-order valence-corrected chi connectivity index (χ3v) is 5.07. The van der Waals surface area contributed by atoms with Crippen LogP contribution in [0.4, 0.5) is 0 Å². The average molecular weight is 455 g/mol. The highest BCUT2D eigenvalue weighted by molar-refractivity contribution is 7.98. The number of aliphatic hydroxyl groups is 1. The van der Waals surface area contributed by atoms with E-state index in [1.165, 1.54) is 18.7 Å². The zero-order chi connectivity index (χ0) is 23.4. The van der Waals surface area contributed by atoms with E-state index in [1.807, 2.05) is 36.6 Å². The van der Waals surface area contributed by atoms with Crippen LogP contribution in [0.2, 0.25) is 0 Å². The summed E-state index contributed by atoms with van der Waals surface area (Å²) in [5, 5.41) is 25.3. The molecule has 172 valence electrons. The monoisotopic (exact) mass is 454 g/mol. The minimum Gasteiger partial charge on any atom is -0.480 e. The van der Waals surface area contributed by atoms with Crippen molar-refractivity contribution in [2.45, 2.75) is 43.9 Å². The van der Waals surface area contributed by atoms with E-state index in [0.717, 1.165) is 5.56 Å². The van der Waals surface area contributed by atoms with Gasteiger partial charge in [-0.2, -0.15) is 11.8 Å². The van der Waals surface area contributed by atoms with Gasteiger partial charge in [0.15, 0.2) is 0 Å². The molecule has 0 bridgehead atoms. The number of hydrogen-bond donors (Lipinski definition) is 6. The molecule has 10 nitrogen and oxygen atoms in total. The van der Waals surface area contributed by atoms with Gasteiger partial charge < -0.3 is 31.9 Å². The molecule has 4 unspecified atom stereocenters. The quantitative estimate of drug-likeness (QED) is 0.217. The van der Waals surface area contributed by atoms with Crippen LogP contribution >= 0.6 is 11.8 Å². The molecular weight excluding hydrogens is 424 g/mol. The van der Waals surface area contributed by atoms with E-state index in [0.29, 0.717) is 12.2 Å². The lowest BCUT2D eigenvalue weighted by Crippen LogP contribution is -2.57. The first-order valence-electron chi connectivity index (χ1n) is 9.72. The van der Waals surface area contributed by atoms with Crippen LogP contribution in [0.1, 0.15) is 18.9 Å². The van der Waals surface area contributed by atoms with Gasteiger partial charge in [-0.05, 0) is 37.3 Å². The second-order valence-corrected chi connectivity index (χ2v) is 7.94. The van der Waals surface area contributed by atoms with Crippen LogP contribution in [0, 0.1) is 0 Å². The maximum atomic E-state index is 12.5. The molecular formula is C20H30N4O6S. The van der Waals surface area contributed by atoms with Crippen LogP contribution in [0.25, 0.3) is 0 Å². The number of nitrogens with one attached hydrogen (secondary N) is 3. The van der Waals surface area contributed by atoms with Crippen LogP contribution in [0.3, 0.4) is 0 Å². The molecule has 7 N–H and O–H groups in total. The summed E-state index contributed by atoms with van der Waals surface area (Å²) in [6.07, 6.45) is 2.36. The molecule has 0 aliphatic rings. The fraction of sp³-hybridized carbons (Fsp3) is 0.500. The van der Waals surface area contributed by atoms with Gasteiger partial charge in [-0.1, -0.05) is 30.3 Å². The first kappa shape index (κ1) is 26.4. The SMILES string of the molecule is CSCCC(NC(=O)C(C)NC(=O)C(N)Cc1ccccc1)C(=O)NC(CO)C(=O)O. The smallest absolute Gasteiger partial charge is 0.328 e. The summed E-state index contributed by atoms with van der Waals surface area (Å²) >= 11 is 1.45. The van der Waals surface area contributed by atoms with E-state index in [1.54, 1.807) is 0 Å². The Morgan fingerprint density at radius 3 is 2.16 bits per heavy atom. The van der Waals surface area contributed by atoms with E-state index in [2.05, 4.69) is 16.0 Å². The number of aliphatic carboxylic acids is 1. The van der Waals surface area contributed by atoms with Crippen molar-refractivity contribution in [2.75, 3.05) is 18.6 Å². The molecule has 3 amide bonds. The number of thioether (sulfide) groups is 1. The molecule has 0 spiro atoms. The normalized spacial score (nSPS) is 14.6. The van der Waals surface area contributed by atoms with Gasteiger partial charge >= 0.3 is 5.97 Å². The van der Waals surface area contributed by atoms with Gasteiger partial charge in [0.05, 0.1) is 12.6 Å². The van der Waals surface area contributed by atoms with Crippen molar-refractivity contribution in [3.63, 3.8) is 0 Å². The Morgan fingerprint density at radius 2 is 1.61 bits per heavy atom. The molecule has 0 aliphatic carbocycles. The Labute approximate surface area is 185 Å². The Hall–Kier alpha value is -2.63. The maximum Gasteiger partial charge on any atom is 0.328 e. The van der Waals surface area contributed by atoms with Crippen molar-refractivity contribution in [3.8, 4) is 0 Å². The Morgan fingerprint density at radius 1 is 1.00 bits per heavy atom. The highest BCUT2D eigenvalue weighted by atomic mass is 32.2. The number of carboxylic acid groups (broad SMARTS) is 1. The predicted molar refractivity (Wildman–Crippen MR) is 117 cm³/mol. The fourth-order valence-electron chi connectivity index (χ4n) is 2.61. The summed E-state index contributed by atoms with van der Waals surface area (Å²) in [6, 6.07) is 4.89. The number of nitrogens with two attached hydrogens (primary N) is 1. The van der Waals surface area contributed by atoms with E-state index in [-0.39, 0.29) is 6.42 Å². The Balaban J connectivity index is 2.68. The molecule has 31 heavy (non-hydrogen) atoms. The average Bonchev–Trinajstić information content (AvgIpc) is 2.74. The zero-order valence-corrected chi connectivity index (χ0v) is 18.4. The number of benzene rings is 1. The third-order valence-electron chi connectivity index (χ3n) is 4.43.